The second-order valence-electron chi connectivity index (χ2n) is 5.64. The molecule has 0 amide bonds. The van der Waals surface area contributed by atoms with Gasteiger partial charge in [0.05, 0.1) is 0 Å². The Morgan fingerprint density at radius 2 is 1.00 bits per heavy atom. The van der Waals surface area contributed by atoms with Crippen LogP contribution in [0.25, 0.3) is 0 Å². The summed E-state index contributed by atoms with van der Waals surface area (Å²) >= 11 is 0. The van der Waals surface area contributed by atoms with Crippen molar-refractivity contribution < 1.29 is 17.5 Å². The van der Waals surface area contributed by atoms with E-state index in [-0.39, 0.29) is 42.1 Å². The summed E-state index contributed by atoms with van der Waals surface area (Å²) in [7, 11) is 0. The Balaban J connectivity index is -0.00000162. The van der Waals surface area contributed by atoms with Crippen molar-refractivity contribution in [3.63, 3.8) is 0 Å². The van der Waals surface area contributed by atoms with Crippen LogP contribution in [0.5, 0.6) is 0 Å². The molecule has 122 valence electrons. The Morgan fingerprint density at radius 3 is 1.43 bits per heavy atom. The number of hydrogen-bond donors (Lipinski definition) is 0. The summed E-state index contributed by atoms with van der Waals surface area (Å²) in [6.07, 6.45) is 22.9. The van der Waals surface area contributed by atoms with Crippen molar-refractivity contribution in [3.8, 4) is 0 Å². The summed E-state index contributed by atoms with van der Waals surface area (Å²) in [6.45, 7) is 2.38. The molecule has 0 radical (unpaired) electrons. The molecule has 0 aromatic heterocycles. The summed E-state index contributed by atoms with van der Waals surface area (Å²) < 4.78 is 0. The van der Waals surface area contributed by atoms with Gasteiger partial charge in [-0.2, -0.15) is 0 Å². The van der Waals surface area contributed by atoms with Gasteiger partial charge in [-0.3, -0.25) is 0 Å². The predicted octanol–water partition coefficient (Wildman–Crippen LogP) is 2.01. The van der Waals surface area contributed by atoms with Gasteiger partial charge in [0.25, 0.3) is 0 Å². The zero-order chi connectivity index (χ0) is 14.0. The third-order valence-corrected chi connectivity index (χ3v) is 3.66. The minimum Gasteiger partial charge on any atom is -1.00 e. The van der Waals surface area contributed by atoms with Crippen LogP contribution >= 0.6 is 0 Å². The molecule has 0 saturated heterocycles. The van der Waals surface area contributed by atoms with Gasteiger partial charge in [-0.05, 0) is 25.7 Å². The van der Waals surface area contributed by atoms with Gasteiger partial charge in [0.15, 0.2) is 0 Å². The van der Waals surface area contributed by atoms with Crippen molar-refractivity contribution in [2.24, 2.45) is 0 Å². The van der Waals surface area contributed by atoms with Crippen molar-refractivity contribution in [2.75, 3.05) is 6.61 Å². The maximum absolute atomic E-state index is 10.3. The summed E-state index contributed by atoms with van der Waals surface area (Å²) in [5, 5.41) is 10.3. The Labute approximate surface area is 155 Å². The molecular formula is C18H35ClMgO. The van der Waals surface area contributed by atoms with Crippen molar-refractivity contribution in [2.45, 2.75) is 96.8 Å². The standard InChI is InChI=1S/C18H35O.ClH.Mg/c1-2-3-4-5-6-7-8-9-10-11-12-13-14-15-16-17-18-19;;/h9-10H,2-8,11-18H2,1H3;1H;/q-1;;+2/p-1/b10-9-;;. The molecule has 1 nitrogen and oxygen atoms in total. The summed E-state index contributed by atoms with van der Waals surface area (Å²) in [6, 6.07) is 0. The van der Waals surface area contributed by atoms with Gasteiger partial charge < -0.3 is 17.5 Å². The molecule has 0 spiro atoms. The van der Waals surface area contributed by atoms with Gasteiger partial charge in [-0.1, -0.05) is 83.3 Å². The number of allylic oxidation sites excluding steroid dienone is 2. The first-order valence-corrected chi connectivity index (χ1v) is 8.65. The van der Waals surface area contributed by atoms with Crippen molar-refractivity contribution >= 4 is 23.1 Å². The minimum atomic E-state index is 0. The molecule has 21 heavy (non-hydrogen) atoms. The summed E-state index contributed by atoms with van der Waals surface area (Å²) in [4.78, 5) is 0. The third-order valence-electron chi connectivity index (χ3n) is 3.66. The molecule has 0 fully saturated rings. The molecule has 0 unspecified atom stereocenters. The normalized spacial score (nSPS) is 10.4. The Hall–Kier alpha value is 0.756. The van der Waals surface area contributed by atoms with Gasteiger partial charge in [0, 0.05) is 0 Å². The van der Waals surface area contributed by atoms with Crippen molar-refractivity contribution in [3.05, 3.63) is 12.2 Å². The fraction of sp³-hybridized carbons (Fsp3) is 0.889. The van der Waals surface area contributed by atoms with Gasteiger partial charge in [0.2, 0.25) is 0 Å². The Kier molecular flexibility index (Phi) is 32.6. The van der Waals surface area contributed by atoms with Crippen molar-refractivity contribution in [1.29, 1.82) is 0 Å². The minimum absolute atomic E-state index is 0. The van der Waals surface area contributed by atoms with E-state index in [1.54, 1.807) is 0 Å². The zero-order valence-electron chi connectivity index (χ0n) is 14.3. The average molecular weight is 327 g/mol. The van der Waals surface area contributed by atoms with E-state index in [1.165, 1.54) is 77.0 Å². The summed E-state index contributed by atoms with van der Waals surface area (Å²) in [5.41, 5.74) is 0. The first-order chi connectivity index (χ1) is 9.41. The third kappa shape index (κ3) is 26.0. The van der Waals surface area contributed by atoms with Gasteiger partial charge in [-0.25, -0.2) is 0 Å². The van der Waals surface area contributed by atoms with E-state index in [1.807, 2.05) is 0 Å². The quantitative estimate of drug-likeness (QED) is 0.256. The maximum atomic E-state index is 10.3. The molecule has 0 aliphatic carbocycles. The van der Waals surface area contributed by atoms with E-state index in [4.69, 9.17) is 0 Å². The largest absolute Gasteiger partial charge is 2.00 e. The Bertz CT molecular complexity index is 186. The van der Waals surface area contributed by atoms with Crippen LogP contribution in [0.1, 0.15) is 96.8 Å². The van der Waals surface area contributed by atoms with Gasteiger partial charge in [-0.15, -0.1) is 6.61 Å². The van der Waals surface area contributed by atoms with E-state index >= 15 is 0 Å². The summed E-state index contributed by atoms with van der Waals surface area (Å²) in [5.74, 6) is 0. The molecule has 0 aliphatic heterocycles. The molecule has 0 saturated carbocycles. The van der Waals surface area contributed by atoms with Crippen molar-refractivity contribution in [1.82, 2.24) is 0 Å². The molecule has 0 aromatic carbocycles. The van der Waals surface area contributed by atoms with Crippen LogP contribution in [0.15, 0.2) is 12.2 Å². The number of unbranched alkanes of at least 4 members (excludes halogenated alkanes) is 12. The molecule has 0 rings (SSSR count). The molecule has 0 aromatic rings. The Morgan fingerprint density at radius 1 is 0.619 bits per heavy atom. The topological polar surface area (TPSA) is 23.1 Å². The SMILES string of the molecule is CCCCCCCC/C=C\CCCCCCCC[O-].[Cl-].[Mg+2]. The number of hydrogen-bond acceptors (Lipinski definition) is 1. The first kappa shape index (κ1) is 26.6. The number of rotatable bonds is 15. The van der Waals surface area contributed by atoms with E-state index < -0.39 is 0 Å². The predicted molar refractivity (Wildman–Crippen MR) is 90.1 cm³/mol. The molecule has 0 heterocycles. The second kappa shape index (κ2) is 25.7. The van der Waals surface area contributed by atoms with E-state index in [0.717, 1.165) is 12.8 Å². The average Bonchev–Trinajstić information content (AvgIpc) is 2.43. The van der Waals surface area contributed by atoms with E-state index in [0.29, 0.717) is 0 Å². The van der Waals surface area contributed by atoms with Gasteiger partial charge in [0.1, 0.15) is 0 Å². The molecule has 0 atom stereocenters. The molecule has 0 N–H and O–H groups in total. The second-order valence-corrected chi connectivity index (χ2v) is 5.64. The molecule has 3 heteroatoms. The van der Waals surface area contributed by atoms with Crippen LogP contribution < -0.4 is 17.5 Å². The van der Waals surface area contributed by atoms with E-state index in [9.17, 15) is 5.11 Å². The molecular weight excluding hydrogens is 292 g/mol. The van der Waals surface area contributed by atoms with Crippen LogP contribution in [0.4, 0.5) is 0 Å². The van der Waals surface area contributed by atoms with Crippen LogP contribution in [-0.2, 0) is 0 Å². The fourth-order valence-corrected chi connectivity index (χ4v) is 2.35. The zero-order valence-corrected chi connectivity index (χ0v) is 16.4. The van der Waals surface area contributed by atoms with Crippen LogP contribution in [0, 0.1) is 0 Å². The maximum Gasteiger partial charge on any atom is 2.00 e. The van der Waals surface area contributed by atoms with Crippen LogP contribution in [-0.4, -0.2) is 29.7 Å². The first-order valence-electron chi connectivity index (χ1n) is 8.65. The van der Waals surface area contributed by atoms with Crippen LogP contribution in [0.2, 0.25) is 0 Å². The van der Waals surface area contributed by atoms with Crippen LogP contribution in [0.3, 0.4) is 0 Å². The fourth-order valence-electron chi connectivity index (χ4n) is 2.35. The van der Waals surface area contributed by atoms with Gasteiger partial charge >= 0.3 is 23.1 Å². The van der Waals surface area contributed by atoms with E-state index in [2.05, 4.69) is 19.1 Å². The monoisotopic (exact) mass is 326 g/mol. The molecule has 0 bridgehead atoms. The molecule has 0 aliphatic rings. The number of halogens is 1. The smallest absolute Gasteiger partial charge is 1.00 e.